The van der Waals surface area contributed by atoms with E-state index in [0.717, 1.165) is 24.4 Å². The molecule has 96 valence electrons. The average Bonchev–Trinajstić information content (AvgIpc) is 2.87. The van der Waals surface area contributed by atoms with E-state index in [9.17, 15) is 0 Å². The van der Waals surface area contributed by atoms with Crippen molar-refractivity contribution in [1.29, 1.82) is 0 Å². The molecule has 1 aromatic carbocycles. The first-order valence-electron chi connectivity index (χ1n) is 6.30. The third-order valence-electron chi connectivity index (χ3n) is 3.45. The Bertz CT molecular complexity index is 487. The lowest BCUT2D eigenvalue weighted by molar-refractivity contribution is 0.382. The van der Waals surface area contributed by atoms with Crippen LogP contribution in [0.2, 0.25) is 0 Å². The van der Waals surface area contributed by atoms with Crippen molar-refractivity contribution in [3.8, 4) is 5.69 Å². The maximum atomic E-state index is 6.33. The molecule has 0 aliphatic carbocycles. The molecule has 0 spiro atoms. The molecule has 2 N–H and O–H groups in total. The monoisotopic (exact) mass is 245 g/mol. The van der Waals surface area contributed by atoms with Crippen LogP contribution in [0.1, 0.15) is 32.5 Å². The Kier molecular flexibility index (Phi) is 3.72. The number of tetrazole rings is 1. The molecule has 18 heavy (non-hydrogen) atoms. The summed E-state index contributed by atoms with van der Waals surface area (Å²) in [6.07, 6.45) is 2.50. The molecule has 5 heteroatoms. The van der Waals surface area contributed by atoms with Crippen LogP contribution in [0.15, 0.2) is 30.3 Å². The number of para-hydroxylation sites is 1. The number of nitrogens with two attached hydrogens (primary N) is 1. The second-order valence-electron chi connectivity index (χ2n) is 4.59. The third-order valence-corrected chi connectivity index (χ3v) is 3.45. The summed E-state index contributed by atoms with van der Waals surface area (Å²) in [7, 11) is 0. The zero-order chi connectivity index (χ0) is 13.0. The molecule has 1 heterocycles. The highest BCUT2D eigenvalue weighted by Crippen LogP contribution is 2.18. The summed E-state index contributed by atoms with van der Waals surface area (Å²) in [6.45, 7) is 4.19. The minimum Gasteiger partial charge on any atom is -0.325 e. The van der Waals surface area contributed by atoms with Crippen LogP contribution in [-0.2, 0) is 6.42 Å². The highest BCUT2D eigenvalue weighted by molar-refractivity contribution is 5.30. The van der Waals surface area contributed by atoms with Gasteiger partial charge >= 0.3 is 0 Å². The molecule has 0 atom stereocenters. The Morgan fingerprint density at radius 2 is 1.83 bits per heavy atom. The van der Waals surface area contributed by atoms with E-state index in [-0.39, 0.29) is 5.54 Å². The lowest BCUT2D eigenvalue weighted by Gasteiger charge is -2.25. The van der Waals surface area contributed by atoms with Gasteiger partial charge in [0.1, 0.15) is 0 Å². The fourth-order valence-corrected chi connectivity index (χ4v) is 1.90. The van der Waals surface area contributed by atoms with Crippen molar-refractivity contribution in [2.24, 2.45) is 5.73 Å². The molecule has 2 aromatic rings. The normalized spacial score (nSPS) is 11.7. The van der Waals surface area contributed by atoms with Crippen molar-refractivity contribution in [3.05, 3.63) is 36.2 Å². The first-order chi connectivity index (χ1) is 8.68. The summed E-state index contributed by atoms with van der Waals surface area (Å²) in [5.41, 5.74) is 7.06. The summed E-state index contributed by atoms with van der Waals surface area (Å²) in [6, 6.07) is 9.87. The SMILES string of the molecule is CCC(N)(CC)Cc1nnnn1-c1ccccc1. The summed E-state index contributed by atoms with van der Waals surface area (Å²) in [5, 5.41) is 11.9. The van der Waals surface area contributed by atoms with Gasteiger partial charge in [0.05, 0.1) is 5.69 Å². The highest BCUT2D eigenvalue weighted by atomic mass is 15.5. The Labute approximate surface area is 107 Å². The molecule has 0 radical (unpaired) electrons. The number of hydrogen-bond donors (Lipinski definition) is 1. The van der Waals surface area contributed by atoms with Crippen molar-refractivity contribution in [2.45, 2.75) is 38.6 Å². The van der Waals surface area contributed by atoms with E-state index >= 15 is 0 Å². The molecular formula is C13H19N5. The van der Waals surface area contributed by atoms with Crippen molar-refractivity contribution >= 4 is 0 Å². The first kappa shape index (κ1) is 12.7. The summed E-state index contributed by atoms with van der Waals surface area (Å²) in [5.74, 6) is 0.812. The number of hydrogen-bond acceptors (Lipinski definition) is 4. The van der Waals surface area contributed by atoms with Gasteiger partial charge in [-0.2, -0.15) is 4.68 Å². The lowest BCUT2D eigenvalue weighted by atomic mass is 9.90. The molecule has 0 saturated carbocycles. The molecule has 0 amide bonds. The van der Waals surface area contributed by atoms with Crippen LogP contribution < -0.4 is 5.73 Å². The van der Waals surface area contributed by atoms with Crippen molar-refractivity contribution in [2.75, 3.05) is 0 Å². The number of benzene rings is 1. The van der Waals surface area contributed by atoms with Gasteiger partial charge in [-0.15, -0.1) is 5.10 Å². The second kappa shape index (κ2) is 5.27. The van der Waals surface area contributed by atoms with Crippen molar-refractivity contribution < 1.29 is 0 Å². The van der Waals surface area contributed by atoms with E-state index in [0.29, 0.717) is 6.42 Å². The molecule has 1 aromatic heterocycles. The molecule has 0 unspecified atom stereocenters. The van der Waals surface area contributed by atoms with Crippen LogP contribution in [0.4, 0.5) is 0 Å². The molecule has 0 bridgehead atoms. The van der Waals surface area contributed by atoms with Gasteiger partial charge < -0.3 is 5.73 Å². The molecule has 0 aliphatic heterocycles. The highest BCUT2D eigenvalue weighted by Gasteiger charge is 2.24. The van der Waals surface area contributed by atoms with Crippen molar-refractivity contribution in [3.63, 3.8) is 0 Å². The topological polar surface area (TPSA) is 69.6 Å². The zero-order valence-corrected chi connectivity index (χ0v) is 10.9. The molecular weight excluding hydrogens is 226 g/mol. The number of aromatic nitrogens is 4. The maximum Gasteiger partial charge on any atom is 0.158 e. The van der Waals surface area contributed by atoms with Gasteiger partial charge in [0.2, 0.25) is 0 Å². The summed E-state index contributed by atoms with van der Waals surface area (Å²) < 4.78 is 1.76. The van der Waals surface area contributed by atoms with Gasteiger partial charge in [-0.25, -0.2) is 0 Å². The lowest BCUT2D eigenvalue weighted by Crippen LogP contribution is -2.41. The molecule has 0 saturated heterocycles. The summed E-state index contributed by atoms with van der Waals surface area (Å²) >= 11 is 0. The minimum atomic E-state index is -0.235. The van der Waals surface area contributed by atoms with Gasteiger partial charge in [-0.1, -0.05) is 32.0 Å². The third kappa shape index (κ3) is 2.56. The average molecular weight is 245 g/mol. The van der Waals surface area contributed by atoms with Crippen LogP contribution >= 0.6 is 0 Å². The van der Waals surface area contributed by atoms with Gasteiger partial charge in [0.15, 0.2) is 5.82 Å². The van der Waals surface area contributed by atoms with E-state index in [2.05, 4.69) is 29.4 Å². The molecule has 0 aliphatic rings. The standard InChI is InChI=1S/C13H19N5/c1-3-13(14,4-2)10-12-15-16-17-18(12)11-8-6-5-7-9-11/h5-9H,3-4,10,14H2,1-2H3. The number of nitrogens with zero attached hydrogens (tertiary/aromatic N) is 4. The number of rotatable bonds is 5. The van der Waals surface area contributed by atoms with Gasteiger partial charge in [-0.3, -0.25) is 0 Å². The van der Waals surface area contributed by atoms with E-state index in [1.165, 1.54) is 0 Å². The first-order valence-corrected chi connectivity index (χ1v) is 6.30. The van der Waals surface area contributed by atoms with Crippen LogP contribution in [0, 0.1) is 0 Å². The van der Waals surface area contributed by atoms with Gasteiger partial charge in [-0.05, 0) is 35.4 Å². The van der Waals surface area contributed by atoms with Crippen LogP contribution in [0.5, 0.6) is 0 Å². The fourth-order valence-electron chi connectivity index (χ4n) is 1.90. The van der Waals surface area contributed by atoms with E-state index in [1.807, 2.05) is 30.3 Å². The Morgan fingerprint density at radius 3 is 2.44 bits per heavy atom. The van der Waals surface area contributed by atoms with Gasteiger partial charge in [0.25, 0.3) is 0 Å². The second-order valence-corrected chi connectivity index (χ2v) is 4.59. The summed E-state index contributed by atoms with van der Waals surface area (Å²) in [4.78, 5) is 0. The van der Waals surface area contributed by atoms with Gasteiger partial charge in [0, 0.05) is 12.0 Å². The molecule has 2 rings (SSSR count). The maximum absolute atomic E-state index is 6.33. The van der Waals surface area contributed by atoms with Crippen molar-refractivity contribution in [1.82, 2.24) is 20.2 Å². The van der Waals surface area contributed by atoms with Crippen LogP contribution in [0.25, 0.3) is 5.69 Å². The predicted octanol–water partition coefficient (Wildman–Crippen LogP) is 1.72. The molecule has 0 fully saturated rings. The Balaban J connectivity index is 2.29. The fraction of sp³-hybridized carbons (Fsp3) is 0.462. The van der Waals surface area contributed by atoms with E-state index < -0.39 is 0 Å². The predicted molar refractivity (Wildman–Crippen MR) is 70.4 cm³/mol. The quantitative estimate of drug-likeness (QED) is 0.870. The zero-order valence-electron chi connectivity index (χ0n) is 10.9. The van der Waals surface area contributed by atoms with E-state index in [1.54, 1.807) is 4.68 Å². The van der Waals surface area contributed by atoms with E-state index in [4.69, 9.17) is 5.73 Å². The Morgan fingerprint density at radius 1 is 1.17 bits per heavy atom. The molecule has 5 nitrogen and oxygen atoms in total. The largest absolute Gasteiger partial charge is 0.325 e. The van der Waals surface area contributed by atoms with Crippen LogP contribution in [-0.4, -0.2) is 25.7 Å². The minimum absolute atomic E-state index is 0.235. The van der Waals surface area contributed by atoms with Crippen LogP contribution in [0.3, 0.4) is 0 Å². The Hall–Kier alpha value is -1.75. The smallest absolute Gasteiger partial charge is 0.158 e.